The Balaban J connectivity index is 1.82. The number of carbonyl (C=O) groups excluding carboxylic acids is 1. The first kappa shape index (κ1) is 29.0. The van der Waals surface area contributed by atoms with Crippen LogP contribution < -0.4 is 28.4 Å². The molecule has 0 aliphatic carbocycles. The van der Waals surface area contributed by atoms with Gasteiger partial charge in [-0.1, -0.05) is 15.9 Å². The van der Waals surface area contributed by atoms with Gasteiger partial charge in [0, 0.05) is 18.2 Å². The first-order valence-electron chi connectivity index (χ1n) is 11.8. The molecule has 0 amide bonds. The van der Waals surface area contributed by atoms with E-state index in [4.69, 9.17) is 33.2 Å². The number of hydrogen-bond donors (Lipinski definition) is 0. The Morgan fingerprint density at radius 1 is 0.579 bits per heavy atom. The molecule has 0 spiro atoms. The smallest absolute Gasteiger partial charge is 0.322 e. The van der Waals surface area contributed by atoms with E-state index in [0.717, 1.165) is 11.1 Å². The number of ether oxygens (including phenoxy) is 7. The van der Waals surface area contributed by atoms with Crippen LogP contribution in [-0.4, -0.2) is 38.7 Å². The summed E-state index contributed by atoms with van der Waals surface area (Å²) < 4.78 is 38.3. The monoisotopic (exact) mass is 588 g/mol. The molecule has 0 radical (unpaired) electrons. The molecule has 9 heteroatoms. The van der Waals surface area contributed by atoms with E-state index in [1.54, 1.807) is 60.5 Å². The van der Waals surface area contributed by atoms with Gasteiger partial charge in [-0.15, -0.1) is 0 Å². The number of hydrogen-bond acceptors (Lipinski definition) is 8. The van der Waals surface area contributed by atoms with E-state index in [-0.39, 0.29) is 25.8 Å². The van der Waals surface area contributed by atoms with Crippen molar-refractivity contribution in [3.05, 3.63) is 71.3 Å². The minimum Gasteiger partial charge on any atom is -0.497 e. The molecule has 3 aromatic carbocycles. The third-order valence-corrected chi connectivity index (χ3v) is 5.75. The zero-order valence-corrected chi connectivity index (χ0v) is 24.0. The fraction of sp³-hybridized carbons (Fsp3) is 0.345. The van der Waals surface area contributed by atoms with Gasteiger partial charge in [0.15, 0.2) is 0 Å². The van der Waals surface area contributed by atoms with Crippen molar-refractivity contribution in [3.63, 3.8) is 0 Å². The summed E-state index contributed by atoms with van der Waals surface area (Å²) in [6.45, 7) is 4.04. The van der Waals surface area contributed by atoms with Gasteiger partial charge in [0.25, 0.3) is 0 Å². The van der Waals surface area contributed by atoms with Gasteiger partial charge in [0.2, 0.25) is 0 Å². The van der Waals surface area contributed by atoms with Crippen LogP contribution in [0.25, 0.3) is 0 Å². The second-order valence-corrected chi connectivity index (χ2v) is 10.9. The van der Waals surface area contributed by atoms with E-state index in [1.165, 1.54) is 0 Å². The highest BCUT2D eigenvalue weighted by Gasteiger charge is 2.25. The Labute approximate surface area is 231 Å². The van der Waals surface area contributed by atoms with Crippen molar-refractivity contribution in [2.45, 2.75) is 38.0 Å². The van der Waals surface area contributed by atoms with Gasteiger partial charge in [0.05, 0.1) is 28.4 Å². The Hall–Kier alpha value is -3.59. The lowest BCUT2D eigenvalue weighted by Crippen LogP contribution is -2.26. The van der Waals surface area contributed by atoms with Gasteiger partial charge in [0.1, 0.15) is 58.6 Å². The molecule has 3 rings (SSSR count). The van der Waals surface area contributed by atoms with Crippen LogP contribution in [0.2, 0.25) is 0 Å². The average Bonchev–Trinajstić information content (AvgIpc) is 2.92. The van der Waals surface area contributed by atoms with Crippen molar-refractivity contribution >= 4 is 21.9 Å². The van der Waals surface area contributed by atoms with E-state index in [9.17, 15) is 4.79 Å². The lowest BCUT2D eigenvalue weighted by atomic mass is 10.2. The standard InChI is InChI=1S/C29H33BrO8/c1-29(2,30)28(31)38-18-21-11-26(36-16-19-7-22(32-3)13-23(8-19)33-4)15-27(12-21)37-17-20-9-24(34-5)14-25(10-20)35-6/h7-15H,16-18H2,1-6H3. The van der Waals surface area contributed by atoms with E-state index in [2.05, 4.69) is 15.9 Å². The molecule has 3 aromatic rings. The lowest BCUT2D eigenvalue weighted by Gasteiger charge is -2.17. The van der Waals surface area contributed by atoms with E-state index < -0.39 is 4.32 Å². The van der Waals surface area contributed by atoms with Crippen LogP contribution in [0, 0.1) is 0 Å². The molecule has 204 valence electrons. The van der Waals surface area contributed by atoms with Gasteiger partial charge in [-0.3, -0.25) is 4.79 Å². The van der Waals surface area contributed by atoms with Crippen LogP contribution in [0.3, 0.4) is 0 Å². The summed E-state index contributed by atoms with van der Waals surface area (Å²) in [7, 11) is 6.39. The third kappa shape index (κ3) is 8.48. The first-order valence-corrected chi connectivity index (χ1v) is 12.6. The van der Waals surface area contributed by atoms with Crippen molar-refractivity contribution in [1.29, 1.82) is 0 Å². The summed E-state index contributed by atoms with van der Waals surface area (Å²) in [5, 5.41) is 0. The van der Waals surface area contributed by atoms with Crippen molar-refractivity contribution in [1.82, 2.24) is 0 Å². The van der Waals surface area contributed by atoms with Gasteiger partial charge >= 0.3 is 5.97 Å². The fourth-order valence-electron chi connectivity index (χ4n) is 3.43. The van der Waals surface area contributed by atoms with Crippen molar-refractivity contribution in [2.75, 3.05) is 28.4 Å². The summed E-state index contributed by atoms with van der Waals surface area (Å²) in [4.78, 5) is 12.3. The second kappa shape index (κ2) is 13.3. The number of alkyl halides is 1. The minimum atomic E-state index is -0.794. The molecule has 0 saturated heterocycles. The largest absolute Gasteiger partial charge is 0.497 e. The predicted octanol–water partition coefficient (Wildman–Crippen LogP) is 6.10. The van der Waals surface area contributed by atoms with Gasteiger partial charge in [-0.2, -0.15) is 0 Å². The molecule has 0 aliphatic heterocycles. The molecule has 0 atom stereocenters. The number of benzene rings is 3. The molecule has 0 aliphatic rings. The highest BCUT2D eigenvalue weighted by Crippen LogP contribution is 2.29. The second-order valence-electron chi connectivity index (χ2n) is 8.88. The van der Waals surface area contributed by atoms with Crippen LogP contribution in [0.15, 0.2) is 54.6 Å². The average molecular weight is 589 g/mol. The normalized spacial score (nSPS) is 10.9. The minimum absolute atomic E-state index is 0.0569. The van der Waals surface area contributed by atoms with Gasteiger partial charge < -0.3 is 33.2 Å². The number of carbonyl (C=O) groups is 1. The summed E-state index contributed by atoms with van der Waals surface area (Å²) in [5.41, 5.74) is 2.45. The first-order chi connectivity index (χ1) is 18.1. The number of halogens is 1. The van der Waals surface area contributed by atoms with Gasteiger partial charge in [-0.05, 0) is 66.9 Å². The van der Waals surface area contributed by atoms with E-state index in [1.807, 2.05) is 36.4 Å². The maximum Gasteiger partial charge on any atom is 0.322 e. The van der Waals surface area contributed by atoms with E-state index >= 15 is 0 Å². The van der Waals surface area contributed by atoms with Gasteiger partial charge in [-0.25, -0.2) is 0 Å². The van der Waals surface area contributed by atoms with Crippen LogP contribution in [0.1, 0.15) is 30.5 Å². The molecular formula is C29H33BrO8. The molecule has 0 unspecified atom stereocenters. The summed E-state index contributed by atoms with van der Waals surface area (Å²) >= 11 is 3.33. The molecule has 0 heterocycles. The SMILES string of the molecule is COc1cc(COc2cc(COC(=O)C(C)(C)Br)cc(OCc3cc(OC)cc(OC)c3)c2)cc(OC)c1. The molecule has 0 fully saturated rings. The Kier molecular flexibility index (Phi) is 10.1. The molecule has 8 nitrogen and oxygen atoms in total. The van der Waals surface area contributed by atoms with Crippen LogP contribution in [0.5, 0.6) is 34.5 Å². The Morgan fingerprint density at radius 3 is 1.24 bits per heavy atom. The highest BCUT2D eigenvalue weighted by molar-refractivity contribution is 9.10. The quantitative estimate of drug-likeness (QED) is 0.175. The molecule has 0 aromatic heterocycles. The van der Waals surface area contributed by atoms with Crippen LogP contribution in [-0.2, 0) is 29.4 Å². The maximum atomic E-state index is 12.3. The molecular weight excluding hydrogens is 556 g/mol. The maximum absolute atomic E-state index is 12.3. The number of methoxy groups -OCH3 is 4. The summed E-state index contributed by atoms with van der Waals surface area (Å²) in [6, 6.07) is 16.5. The molecule has 0 N–H and O–H groups in total. The molecule has 38 heavy (non-hydrogen) atoms. The fourth-order valence-corrected chi connectivity index (χ4v) is 3.55. The van der Waals surface area contributed by atoms with Crippen molar-refractivity contribution in [3.8, 4) is 34.5 Å². The Morgan fingerprint density at radius 2 is 0.895 bits per heavy atom. The van der Waals surface area contributed by atoms with Crippen LogP contribution in [0.4, 0.5) is 0 Å². The summed E-state index contributed by atoms with van der Waals surface area (Å²) in [5.74, 6) is 3.39. The zero-order valence-electron chi connectivity index (χ0n) is 22.5. The summed E-state index contributed by atoms with van der Waals surface area (Å²) in [6.07, 6.45) is 0. The van der Waals surface area contributed by atoms with Crippen molar-refractivity contribution in [2.24, 2.45) is 0 Å². The van der Waals surface area contributed by atoms with Crippen LogP contribution >= 0.6 is 15.9 Å². The molecule has 0 saturated carbocycles. The topological polar surface area (TPSA) is 81.7 Å². The lowest BCUT2D eigenvalue weighted by molar-refractivity contribution is -0.146. The Bertz CT molecular complexity index is 1110. The van der Waals surface area contributed by atoms with E-state index in [0.29, 0.717) is 40.1 Å². The predicted molar refractivity (Wildman–Crippen MR) is 147 cm³/mol. The number of rotatable bonds is 13. The molecule has 0 bridgehead atoms. The zero-order chi connectivity index (χ0) is 27.7. The highest BCUT2D eigenvalue weighted by atomic mass is 79.9. The number of esters is 1. The van der Waals surface area contributed by atoms with Crippen molar-refractivity contribution < 1.29 is 38.0 Å². The third-order valence-electron chi connectivity index (χ3n) is 5.43.